The van der Waals surface area contributed by atoms with E-state index in [0.717, 1.165) is 13.0 Å². The van der Waals surface area contributed by atoms with E-state index in [9.17, 15) is 9.90 Å². The Balaban J connectivity index is 1.82. The molecule has 0 aliphatic carbocycles. The third-order valence-corrected chi connectivity index (χ3v) is 3.74. The molecular formula is C15H22N2O2. The monoisotopic (exact) mass is 262 g/mol. The smallest absolute Gasteiger partial charge is 0.251 e. The summed E-state index contributed by atoms with van der Waals surface area (Å²) < 4.78 is 0. The number of carbonyl (C=O) groups is 1. The highest BCUT2D eigenvalue weighted by Crippen LogP contribution is 2.19. The lowest BCUT2D eigenvalue weighted by atomic mass is 10.0. The SMILES string of the molecule is Cc1c(O)cccc1C(=O)NCCC1CCCCN1. The van der Waals surface area contributed by atoms with Crippen molar-refractivity contribution in [1.29, 1.82) is 0 Å². The van der Waals surface area contributed by atoms with Crippen LogP contribution in [0, 0.1) is 6.92 Å². The topological polar surface area (TPSA) is 61.4 Å². The molecule has 3 N–H and O–H groups in total. The number of phenolic OH excluding ortho intramolecular Hbond substituents is 1. The minimum Gasteiger partial charge on any atom is -0.508 e. The van der Waals surface area contributed by atoms with Crippen molar-refractivity contribution in [2.24, 2.45) is 0 Å². The van der Waals surface area contributed by atoms with Gasteiger partial charge in [-0.05, 0) is 44.9 Å². The van der Waals surface area contributed by atoms with Gasteiger partial charge in [0.15, 0.2) is 0 Å². The van der Waals surface area contributed by atoms with Crippen molar-refractivity contribution >= 4 is 5.91 Å². The van der Waals surface area contributed by atoms with Gasteiger partial charge in [-0.2, -0.15) is 0 Å². The van der Waals surface area contributed by atoms with Crippen molar-refractivity contribution in [2.45, 2.75) is 38.6 Å². The quantitative estimate of drug-likeness (QED) is 0.777. The Labute approximate surface area is 114 Å². The zero-order chi connectivity index (χ0) is 13.7. The number of hydrogen-bond donors (Lipinski definition) is 3. The van der Waals surface area contributed by atoms with E-state index >= 15 is 0 Å². The van der Waals surface area contributed by atoms with E-state index < -0.39 is 0 Å². The molecule has 0 radical (unpaired) electrons. The minimum absolute atomic E-state index is 0.107. The van der Waals surface area contributed by atoms with Crippen LogP contribution in [-0.2, 0) is 0 Å². The maximum Gasteiger partial charge on any atom is 0.251 e. The lowest BCUT2D eigenvalue weighted by molar-refractivity contribution is 0.0950. The molecule has 0 saturated carbocycles. The maximum atomic E-state index is 12.0. The summed E-state index contributed by atoms with van der Waals surface area (Å²) in [6.45, 7) is 3.52. The standard InChI is InChI=1S/C15H22N2O2/c1-11-13(6-4-7-14(11)18)15(19)17-10-8-12-5-2-3-9-16-12/h4,6-7,12,16,18H,2-3,5,8-10H2,1H3,(H,17,19). The highest BCUT2D eigenvalue weighted by Gasteiger charge is 2.14. The largest absolute Gasteiger partial charge is 0.508 e. The number of carbonyl (C=O) groups excluding carboxylic acids is 1. The summed E-state index contributed by atoms with van der Waals surface area (Å²) in [6.07, 6.45) is 4.69. The van der Waals surface area contributed by atoms with E-state index in [2.05, 4.69) is 10.6 Å². The molecular weight excluding hydrogens is 240 g/mol. The second-order valence-corrected chi connectivity index (χ2v) is 5.14. The van der Waals surface area contributed by atoms with Gasteiger partial charge in [-0.3, -0.25) is 4.79 Å². The molecule has 1 fully saturated rings. The first-order valence-electron chi connectivity index (χ1n) is 6.98. The average Bonchev–Trinajstić information content (AvgIpc) is 2.43. The van der Waals surface area contributed by atoms with Gasteiger partial charge >= 0.3 is 0 Å². The summed E-state index contributed by atoms with van der Waals surface area (Å²) in [6, 6.07) is 5.56. The maximum absolute atomic E-state index is 12.0. The first-order valence-corrected chi connectivity index (χ1v) is 6.98. The molecule has 1 amide bonds. The van der Waals surface area contributed by atoms with Crippen LogP contribution in [0.15, 0.2) is 18.2 Å². The van der Waals surface area contributed by atoms with Crippen LogP contribution in [0.25, 0.3) is 0 Å². The van der Waals surface area contributed by atoms with Gasteiger partial charge < -0.3 is 15.7 Å². The van der Waals surface area contributed by atoms with Crippen LogP contribution in [0.4, 0.5) is 0 Å². The molecule has 0 bridgehead atoms. The van der Waals surface area contributed by atoms with Crippen LogP contribution < -0.4 is 10.6 Å². The Morgan fingerprint density at radius 2 is 2.32 bits per heavy atom. The van der Waals surface area contributed by atoms with Gasteiger partial charge in [0.1, 0.15) is 5.75 Å². The second kappa shape index (κ2) is 6.57. The van der Waals surface area contributed by atoms with E-state index in [1.165, 1.54) is 19.3 Å². The molecule has 4 heteroatoms. The molecule has 2 rings (SSSR count). The molecule has 1 heterocycles. The second-order valence-electron chi connectivity index (χ2n) is 5.14. The normalized spacial score (nSPS) is 19.1. The lowest BCUT2D eigenvalue weighted by Crippen LogP contribution is -2.37. The van der Waals surface area contributed by atoms with Crippen molar-refractivity contribution in [3.05, 3.63) is 29.3 Å². The lowest BCUT2D eigenvalue weighted by Gasteiger charge is -2.23. The molecule has 1 aliphatic rings. The summed E-state index contributed by atoms with van der Waals surface area (Å²) in [5.41, 5.74) is 1.19. The zero-order valence-electron chi connectivity index (χ0n) is 11.4. The van der Waals surface area contributed by atoms with Crippen molar-refractivity contribution in [2.75, 3.05) is 13.1 Å². The summed E-state index contributed by atoms with van der Waals surface area (Å²) in [5, 5.41) is 16.0. The predicted molar refractivity (Wildman–Crippen MR) is 75.4 cm³/mol. The van der Waals surface area contributed by atoms with Crippen molar-refractivity contribution in [1.82, 2.24) is 10.6 Å². The molecule has 4 nitrogen and oxygen atoms in total. The molecule has 1 aliphatic heterocycles. The highest BCUT2D eigenvalue weighted by atomic mass is 16.3. The molecule has 1 unspecified atom stereocenters. The van der Waals surface area contributed by atoms with E-state index in [1.807, 2.05) is 0 Å². The molecule has 0 aromatic heterocycles. The number of phenols is 1. The molecule has 19 heavy (non-hydrogen) atoms. The highest BCUT2D eigenvalue weighted by molar-refractivity contribution is 5.96. The van der Waals surface area contributed by atoms with Crippen LogP contribution in [0.5, 0.6) is 5.75 Å². The van der Waals surface area contributed by atoms with Crippen molar-refractivity contribution in [3.63, 3.8) is 0 Å². The third-order valence-electron chi connectivity index (χ3n) is 3.74. The van der Waals surface area contributed by atoms with E-state index in [1.54, 1.807) is 25.1 Å². The average molecular weight is 262 g/mol. The number of rotatable bonds is 4. The fourth-order valence-electron chi connectivity index (χ4n) is 2.49. The van der Waals surface area contributed by atoms with Gasteiger partial charge in [0.2, 0.25) is 0 Å². The zero-order valence-corrected chi connectivity index (χ0v) is 11.4. The first kappa shape index (κ1) is 13.9. The Kier molecular flexibility index (Phi) is 4.80. The minimum atomic E-state index is -0.107. The van der Waals surface area contributed by atoms with Gasteiger partial charge in [-0.15, -0.1) is 0 Å². The molecule has 1 atom stereocenters. The fraction of sp³-hybridized carbons (Fsp3) is 0.533. The Hall–Kier alpha value is -1.55. The number of benzene rings is 1. The molecule has 1 aromatic rings. The Bertz CT molecular complexity index is 440. The van der Waals surface area contributed by atoms with E-state index in [-0.39, 0.29) is 11.7 Å². The summed E-state index contributed by atoms with van der Waals surface area (Å²) in [5.74, 6) is 0.0609. The number of piperidine rings is 1. The number of aromatic hydroxyl groups is 1. The summed E-state index contributed by atoms with van der Waals surface area (Å²) in [7, 11) is 0. The third kappa shape index (κ3) is 3.70. The van der Waals surface area contributed by atoms with Crippen LogP contribution >= 0.6 is 0 Å². The number of nitrogens with one attached hydrogen (secondary N) is 2. The van der Waals surface area contributed by atoms with E-state index in [4.69, 9.17) is 0 Å². The first-order chi connectivity index (χ1) is 9.18. The Morgan fingerprint density at radius 1 is 1.47 bits per heavy atom. The summed E-state index contributed by atoms with van der Waals surface area (Å²) in [4.78, 5) is 12.0. The molecule has 1 saturated heterocycles. The van der Waals surface area contributed by atoms with E-state index in [0.29, 0.717) is 23.7 Å². The molecule has 1 aromatic carbocycles. The van der Waals surface area contributed by atoms with Gasteiger partial charge in [-0.1, -0.05) is 12.5 Å². The van der Waals surface area contributed by atoms with Crippen LogP contribution in [0.3, 0.4) is 0 Å². The van der Waals surface area contributed by atoms with Crippen LogP contribution in [-0.4, -0.2) is 30.1 Å². The van der Waals surface area contributed by atoms with Crippen LogP contribution in [0.1, 0.15) is 41.6 Å². The van der Waals surface area contributed by atoms with Crippen LogP contribution in [0.2, 0.25) is 0 Å². The number of amides is 1. The van der Waals surface area contributed by atoms with Gasteiger partial charge in [0, 0.05) is 23.7 Å². The molecule has 104 valence electrons. The van der Waals surface area contributed by atoms with Gasteiger partial charge in [-0.25, -0.2) is 0 Å². The number of hydrogen-bond acceptors (Lipinski definition) is 3. The van der Waals surface area contributed by atoms with Crippen molar-refractivity contribution < 1.29 is 9.90 Å². The Morgan fingerprint density at radius 3 is 3.05 bits per heavy atom. The van der Waals surface area contributed by atoms with Gasteiger partial charge in [0.05, 0.1) is 0 Å². The predicted octanol–water partition coefficient (Wildman–Crippen LogP) is 1.96. The summed E-state index contributed by atoms with van der Waals surface area (Å²) >= 11 is 0. The van der Waals surface area contributed by atoms with Crippen molar-refractivity contribution in [3.8, 4) is 5.75 Å². The fourth-order valence-corrected chi connectivity index (χ4v) is 2.49. The van der Waals surface area contributed by atoms with Gasteiger partial charge in [0.25, 0.3) is 5.91 Å². The molecule has 0 spiro atoms.